The molecule has 2 nitrogen and oxygen atoms in total. The third-order valence-electron chi connectivity index (χ3n) is 5.69. The van der Waals surface area contributed by atoms with E-state index in [-0.39, 0.29) is 5.60 Å². The van der Waals surface area contributed by atoms with Crippen molar-refractivity contribution >= 4 is 0 Å². The zero-order chi connectivity index (χ0) is 17.6. The maximum atomic E-state index is 10.3. The molecule has 2 heteroatoms. The highest BCUT2D eigenvalue weighted by molar-refractivity contribution is 5.09. The quantitative estimate of drug-likeness (QED) is 0.535. The van der Waals surface area contributed by atoms with Crippen molar-refractivity contribution in [3.05, 3.63) is 34.9 Å². The van der Waals surface area contributed by atoms with Crippen LogP contribution in [0.4, 0.5) is 0 Å². The van der Waals surface area contributed by atoms with Gasteiger partial charge in [-0.05, 0) is 79.1 Å². The summed E-state index contributed by atoms with van der Waals surface area (Å²) < 4.78 is 6.16. The zero-order valence-corrected chi connectivity index (χ0v) is 16.2. The van der Waals surface area contributed by atoms with Gasteiger partial charge in [0.15, 0.2) is 0 Å². The first-order valence-electron chi connectivity index (χ1n) is 9.64. The van der Waals surface area contributed by atoms with Gasteiger partial charge < -0.3 is 9.84 Å². The monoisotopic (exact) mass is 332 g/mol. The first-order chi connectivity index (χ1) is 11.3. The van der Waals surface area contributed by atoms with Gasteiger partial charge in [-0.25, -0.2) is 0 Å². The number of hydrogen-bond donors (Lipinski definition) is 1. The molecule has 2 saturated carbocycles. The average Bonchev–Trinajstić information content (AvgIpc) is 3.00. The fraction of sp³-hybridized carbons (Fsp3) is 0.727. The van der Waals surface area contributed by atoms with Gasteiger partial charge >= 0.3 is 0 Å². The van der Waals surface area contributed by atoms with E-state index in [1.807, 2.05) is 0 Å². The number of hydrogen-bond acceptors (Lipinski definition) is 2. The summed E-state index contributed by atoms with van der Waals surface area (Å²) in [6.45, 7) is 9.46. The lowest BCUT2D eigenvalue weighted by molar-refractivity contribution is -0.0226. The topological polar surface area (TPSA) is 29.5 Å². The summed E-state index contributed by atoms with van der Waals surface area (Å²) in [6, 6.07) is 0. The maximum Gasteiger partial charge on any atom is 0.0716 e. The molecule has 0 amide bonds. The summed E-state index contributed by atoms with van der Waals surface area (Å²) in [5.41, 5.74) is 3.88. The first-order valence-corrected chi connectivity index (χ1v) is 9.64. The molecule has 0 aliphatic heterocycles. The molecular weight excluding hydrogens is 296 g/mol. The van der Waals surface area contributed by atoms with Gasteiger partial charge in [0.05, 0.1) is 17.8 Å². The second kappa shape index (κ2) is 8.49. The molecule has 0 spiro atoms. The molecule has 24 heavy (non-hydrogen) atoms. The van der Waals surface area contributed by atoms with Crippen molar-refractivity contribution in [3.63, 3.8) is 0 Å². The molecule has 136 valence electrons. The zero-order valence-electron chi connectivity index (χ0n) is 16.2. The van der Waals surface area contributed by atoms with E-state index in [0.29, 0.717) is 6.61 Å². The van der Waals surface area contributed by atoms with Crippen molar-refractivity contribution in [1.82, 2.24) is 0 Å². The normalized spacial score (nSPS) is 30.0. The van der Waals surface area contributed by atoms with Crippen LogP contribution in [0.5, 0.6) is 0 Å². The van der Waals surface area contributed by atoms with Crippen LogP contribution in [0.25, 0.3) is 0 Å². The molecule has 0 aromatic heterocycles. The highest BCUT2D eigenvalue weighted by atomic mass is 16.5. The summed E-state index contributed by atoms with van der Waals surface area (Å²) in [5.74, 6) is 0. The average molecular weight is 333 g/mol. The Hall–Kier alpha value is -0.860. The predicted molar refractivity (Wildman–Crippen MR) is 102 cm³/mol. The number of aliphatic hydroxyl groups is 1. The molecule has 1 N–H and O–H groups in total. The van der Waals surface area contributed by atoms with Gasteiger partial charge in [0.25, 0.3) is 0 Å². The minimum atomic E-state index is -0.410. The maximum absolute atomic E-state index is 10.3. The molecule has 0 heterocycles. The number of fused-ring (bicyclic) bond motifs is 2. The fourth-order valence-electron chi connectivity index (χ4n) is 4.02. The summed E-state index contributed by atoms with van der Waals surface area (Å²) in [7, 11) is 0. The predicted octanol–water partition coefficient (Wildman–Crippen LogP) is 5.87. The van der Waals surface area contributed by atoms with Gasteiger partial charge in [0.2, 0.25) is 0 Å². The van der Waals surface area contributed by atoms with Crippen LogP contribution in [0.3, 0.4) is 0 Å². The summed E-state index contributed by atoms with van der Waals surface area (Å²) in [4.78, 5) is 0. The summed E-state index contributed by atoms with van der Waals surface area (Å²) >= 11 is 0. The van der Waals surface area contributed by atoms with Crippen molar-refractivity contribution in [2.24, 2.45) is 0 Å². The molecule has 2 aliphatic carbocycles. The van der Waals surface area contributed by atoms with Crippen molar-refractivity contribution in [2.75, 3.05) is 6.61 Å². The Bertz CT molecular complexity index is 498. The third kappa shape index (κ3) is 5.89. The largest absolute Gasteiger partial charge is 0.390 e. The van der Waals surface area contributed by atoms with Crippen LogP contribution in [-0.4, -0.2) is 22.9 Å². The van der Waals surface area contributed by atoms with Crippen LogP contribution < -0.4 is 0 Å². The molecule has 0 atom stereocenters. The van der Waals surface area contributed by atoms with E-state index in [1.54, 1.807) is 0 Å². The second-order valence-corrected chi connectivity index (χ2v) is 8.35. The van der Waals surface area contributed by atoms with Gasteiger partial charge in [-0.2, -0.15) is 0 Å². The summed E-state index contributed by atoms with van der Waals surface area (Å²) in [6.07, 6.45) is 16.2. The van der Waals surface area contributed by atoms with Gasteiger partial charge in [-0.15, -0.1) is 0 Å². The Morgan fingerprint density at radius 1 is 0.875 bits per heavy atom. The minimum absolute atomic E-state index is 0.0209. The molecule has 0 saturated heterocycles. The van der Waals surface area contributed by atoms with E-state index in [9.17, 15) is 5.11 Å². The van der Waals surface area contributed by atoms with Crippen molar-refractivity contribution in [3.8, 4) is 0 Å². The Balaban J connectivity index is 1.64. The van der Waals surface area contributed by atoms with E-state index >= 15 is 0 Å². The van der Waals surface area contributed by atoms with Crippen LogP contribution in [0.1, 0.15) is 85.5 Å². The van der Waals surface area contributed by atoms with E-state index < -0.39 is 5.60 Å². The number of ether oxygens (including phenoxy) is 1. The van der Waals surface area contributed by atoms with Crippen molar-refractivity contribution < 1.29 is 9.84 Å². The van der Waals surface area contributed by atoms with Gasteiger partial charge in [0.1, 0.15) is 0 Å². The Morgan fingerprint density at radius 3 is 2.00 bits per heavy atom. The molecule has 2 aliphatic rings. The third-order valence-corrected chi connectivity index (χ3v) is 5.69. The van der Waals surface area contributed by atoms with E-state index in [4.69, 9.17) is 4.74 Å². The van der Waals surface area contributed by atoms with Crippen molar-refractivity contribution in [2.45, 2.75) is 96.7 Å². The van der Waals surface area contributed by atoms with E-state index in [0.717, 1.165) is 51.4 Å². The summed E-state index contributed by atoms with van der Waals surface area (Å²) in [5, 5.41) is 10.3. The molecule has 2 fully saturated rings. The SMILES string of the molecule is CC(C)=CCC/C(C)=C/CC/C(C)=C/COC12CCC(O)(CC1)C2. The molecule has 2 rings (SSSR count). The molecule has 2 bridgehead atoms. The Kier molecular flexibility index (Phi) is 6.88. The van der Waals surface area contributed by atoms with Gasteiger partial charge in [-0.3, -0.25) is 0 Å². The van der Waals surface area contributed by atoms with Crippen molar-refractivity contribution in [1.29, 1.82) is 0 Å². The lowest BCUT2D eigenvalue weighted by Crippen LogP contribution is -2.26. The standard InChI is InChI=1S/C22H36O2/c1-18(2)7-5-8-19(3)9-6-10-20(4)11-16-24-22-14-12-21(23,17-22)13-15-22/h7,9,11,23H,5-6,8,10,12-17H2,1-4H3/b19-9+,20-11+. The highest BCUT2D eigenvalue weighted by Crippen LogP contribution is 2.52. The fourth-order valence-corrected chi connectivity index (χ4v) is 4.02. The molecule has 0 unspecified atom stereocenters. The smallest absolute Gasteiger partial charge is 0.0716 e. The Morgan fingerprint density at radius 2 is 1.46 bits per heavy atom. The van der Waals surface area contributed by atoms with E-state index in [2.05, 4.69) is 45.9 Å². The number of rotatable bonds is 9. The highest BCUT2D eigenvalue weighted by Gasteiger charge is 2.54. The number of allylic oxidation sites excluding steroid dienone is 5. The van der Waals surface area contributed by atoms with Crippen LogP contribution in [0.15, 0.2) is 34.9 Å². The van der Waals surface area contributed by atoms with Crippen LogP contribution in [0, 0.1) is 0 Å². The molecule has 0 radical (unpaired) electrons. The van der Waals surface area contributed by atoms with Crippen LogP contribution in [-0.2, 0) is 4.74 Å². The second-order valence-electron chi connectivity index (χ2n) is 8.35. The van der Waals surface area contributed by atoms with Crippen LogP contribution >= 0.6 is 0 Å². The van der Waals surface area contributed by atoms with E-state index in [1.165, 1.54) is 23.1 Å². The van der Waals surface area contributed by atoms with Crippen LogP contribution in [0.2, 0.25) is 0 Å². The van der Waals surface area contributed by atoms with Gasteiger partial charge in [-0.1, -0.05) is 34.9 Å². The Labute approximate surface area is 148 Å². The minimum Gasteiger partial charge on any atom is -0.390 e. The van der Waals surface area contributed by atoms with Gasteiger partial charge in [0, 0.05) is 6.42 Å². The lowest BCUT2D eigenvalue weighted by atomic mass is 9.95. The molecule has 0 aromatic rings. The first kappa shape index (κ1) is 19.5. The lowest BCUT2D eigenvalue weighted by Gasteiger charge is -2.26. The molecular formula is C22H36O2. The molecule has 0 aromatic carbocycles.